The predicted octanol–water partition coefficient (Wildman–Crippen LogP) is 4.61. The van der Waals surface area contributed by atoms with Gasteiger partial charge in [-0.3, -0.25) is 4.90 Å². The van der Waals surface area contributed by atoms with E-state index in [4.69, 9.17) is 14.2 Å². The van der Waals surface area contributed by atoms with Crippen molar-refractivity contribution in [1.29, 1.82) is 0 Å². The summed E-state index contributed by atoms with van der Waals surface area (Å²) in [5, 5.41) is 0. The van der Waals surface area contributed by atoms with Crippen molar-refractivity contribution in [3.8, 4) is 17.2 Å². The van der Waals surface area contributed by atoms with E-state index in [0.29, 0.717) is 12.1 Å². The van der Waals surface area contributed by atoms with E-state index in [-0.39, 0.29) is 0 Å². The highest BCUT2D eigenvalue weighted by atomic mass is 16.5. The lowest BCUT2D eigenvalue weighted by Crippen LogP contribution is -2.42. The van der Waals surface area contributed by atoms with E-state index in [2.05, 4.69) is 48.2 Å². The molecule has 1 fully saturated rings. The molecule has 2 aromatic rings. The van der Waals surface area contributed by atoms with Gasteiger partial charge in [0.25, 0.3) is 0 Å². The van der Waals surface area contributed by atoms with Crippen molar-refractivity contribution in [3.63, 3.8) is 0 Å². The third-order valence-electron chi connectivity index (χ3n) is 6.00. The molecule has 2 aliphatic rings. The Labute approximate surface area is 162 Å². The highest BCUT2D eigenvalue weighted by Crippen LogP contribution is 2.51. The van der Waals surface area contributed by atoms with Gasteiger partial charge in [0.15, 0.2) is 11.5 Å². The monoisotopic (exact) mass is 367 g/mol. The predicted molar refractivity (Wildman–Crippen MR) is 107 cm³/mol. The van der Waals surface area contributed by atoms with Crippen LogP contribution in [-0.4, -0.2) is 32.3 Å². The third-order valence-corrected chi connectivity index (χ3v) is 6.00. The van der Waals surface area contributed by atoms with Crippen LogP contribution in [0.3, 0.4) is 0 Å². The highest BCUT2D eigenvalue weighted by molar-refractivity contribution is 5.50. The second-order valence-electron chi connectivity index (χ2n) is 7.76. The van der Waals surface area contributed by atoms with E-state index in [1.54, 1.807) is 21.3 Å². The molecule has 2 unspecified atom stereocenters. The average molecular weight is 367 g/mol. The van der Waals surface area contributed by atoms with Crippen LogP contribution in [-0.2, 0) is 13.0 Å². The van der Waals surface area contributed by atoms with Crippen molar-refractivity contribution >= 4 is 0 Å². The molecule has 0 spiro atoms. The molecule has 0 amide bonds. The summed E-state index contributed by atoms with van der Waals surface area (Å²) in [4.78, 5) is 2.67. The van der Waals surface area contributed by atoms with Crippen molar-refractivity contribution < 1.29 is 14.2 Å². The Morgan fingerprint density at radius 3 is 2.19 bits per heavy atom. The minimum atomic E-state index is 0.450. The summed E-state index contributed by atoms with van der Waals surface area (Å²) in [6, 6.07) is 13.8. The second-order valence-corrected chi connectivity index (χ2v) is 7.76. The van der Waals surface area contributed by atoms with Crippen molar-refractivity contribution in [2.24, 2.45) is 5.92 Å². The van der Waals surface area contributed by atoms with Crippen LogP contribution in [0.15, 0.2) is 36.4 Å². The molecule has 0 bridgehead atoms. The van der Waals surface area contributed by atoms with Gasteiger partial charge in [0.1, 0.15) is 5.75 Å². The highest BCUT2D eigenvalue weighted by Gasteiger charge is 2.42. The first kappa shape index (κ1) is 18.2. The van der Waals surface area contributed by atoms with Crippen LogP contribution in [0.2, 0.25) is 0 Å². The Kier molecular flexibility index (Phi) is 5.00. The average Bonchev–Trinajstić information content (AvgIpc) is 3.53. The molecule has 144 valence electrons. The van der Waals surface area contributed by atoms with E-state index in [1.165, 1.54) is 29.5 Å². The van der Waals surface area contributed by atoms with Crippen molar-refractivity contribution in [3.05, 3.63) is 53.1 Å². The number of fused-ring (bicyclic) bond motifs is 1. The molecule has 1 aliphatic heterocycles. The molecule has 2 atom stereocenters. The molecule has 1 saturated carbocycles. The fourth-order valence-corrected chi connectivity index (χ4v) is 4.41. The topological polar surface area (TPSA) is 30.9 Å². The number of rotatable bonds is 6. The molecule has 0 N–H and O–H groups in total. The molecule has 0 aromatic heterocycles. The molecule has 4 rings (SSSR count). The van der Waals surface area contributed by atoms with Crippen molar-refractivity contribution in [1.82, 2.24) is 4.90 Å². The van der Waals surface area contributed by atoms with Gasteiger partial charge in [-0.05, 0) is 73.1 Å². The molecule has 0 radical (unpaired) electrons. The van der Waals surface area contributed by atoms with Gasteiger partial charge in [0.05, 0.1) is 21.3 Å². The Bertz CT molecular complexity index is 798. The Balaban J connectivity index is 1.68. The number of methoxy groups -OCH3 is 3. The Hall–Kier alpha value is -2.20. The molecular weight excluding hydrogens is 338 g/mol. The smallest absolute Gasteiger partial charge is 0.161 e. The number of hydrogen-bond donors (Lipinski definition) is 0. The first-order chi connectivity index (χ1) is 13.1. The van der Waals surface area contributed by atoms with Crippen LogP contribution in [0, 0.1) is 5.92 Å². The number of hydrogen-bond acceptors (Lipinski definition) is 4. The molecule has 1 heterocycles. The maximum Gasteiger partial charge on any atom is 0.161 e. The van der Waals surface area contributed by atoms with Crippen LogP contribution in [0.5, 0.6) is 17.2 Å². The van der Waals surface area contributed by atoms with Gasteiger partial charge in [0, 0.05) is 18.6 Å². The number of nitrogens with zero attached hydrogens (tertiary/aromatic N) is 1. The Morgan fingerprint density at radius 1 is 0.926 bits per heavy atom. The lowest BCUT2D eigenvalue weighted by molar-refractivity contribution is 0.102. The fraction of sp³-hybridized carbons (Fsp3) is 0.478. The van der Waals surface area contributed by atoms with Crippen LogP contribution in [0.25, 0.3) is 0 Å². The molecule has 27 heavy (non-hydrogen) atoms. The van der Waals surface area contributed by atoms with E-state index in [9.17, 15) is 0 Å². The summed E-state index contributed by atoms with van der Waals surface area (Å²) in [7, 11) is 5.14. The minimum Gasteiger partial charge on any atom is -0.497 e. The van der Waals surface area contributed by atoms with Gasteiger partial charge in [-0.15, -0.1) is 0 Å². The first-order valence-electron chi connectivity index (χ1n) is 9.78. The zero-order valence-corrected chi connectivity index (χ0v) is 16.7. The number of benzene rings is 2. The van der Waals surface area contributed by atoms with Crippen molar-refractivity contribution in [2.75, 3.05) is 21.3 Å². The van der Waals surface area contributed by atoms with Gasteiger partial charge >= 0.3 is 0 Å². The zero-order chi connectivity index (χ0) is 19.0. The first-order valence-corrected chi connectivity index (χ1v) is 9.78. The lowest BCUT2D eigenvalue weighted by atomic mass is 9.85. The number of ether oxygens (including phenoxy) is 3. The third kappa shape index (κ3) is 3.51. The summed E-state index contributed by atoms with van der Waals surface area (Å²) < 4.78 is 16.4. The maximum absolute atomic E-state index is 5.60. The van der Waals surface area contributed by atoms with E-state index in [1.807, 2.05) is 0 Å². The summed E-state index contributed by atoms with van der Waals surface area (Å²) in [6.45, 7) is 3.30. The second kappa shape index (κ2) is 7.43. The largest absolute Gasteiger partial charge is 0.497 e. The summed E-state index contributed by atoms with van der Waals surface area (Å²) in [6.07, 6.45) is 3.66. The van der Waals surface area contributed by atoms with Gasteiger partial charge < -0.3 is 14.2 Å². The normalized spacial score (nSPS) is 22.2. The standard InChI is InChI=1S/C23H29NO3/c1-15-11-18-12-21(26-3)22(27-4)13-20(18)23(17-7-8-17)24(15)14-16-5-9-19(25-2)10-6-16/h5-6,9-10,12-13,15,17,23H,7-8,11,14H2,1-4H3. The molecule has 0 saturated heterocycles. The quantitative estimate of drug-likeness (QED) is 0.746. The van der Waals surface area contributed by atoms with Crippen LogP contribution in [0.1, 0.15) is 42.5 Å². The van der Waals surface area contributed by atoms with Gasteiger partial charge in [-0.1, -0.05) is 12.1 Å². The van der Waals surface area contributed by atoms with E-state index >= 15 is 0 Å². The fourth-order valence-electron chi connectivity index (χ4n) is 4.41. The minimum absolute atomic E-state index is 0.450. The van der Waals surface area contributed by atoms with Crippen molar-refractivity contribution in [2.45, 2.75) is 44.8 Å². The Morgan fingerprint density at radius 2 is 1.59 bits per heavy atom. The lowest BCUT2D eigenvalue weighted by Gasteiger charge is -2.42. The maximum atomic E-state index is 5.60. The summed E-state index contributed by atoms with van der Waals surface area (Å²) >= 11 is 0. The summed E-state index contributed by atoms with van der Waals surface area (Å²) in [5.41, 5.74) is 4.15. The van der Waals surface area contributed by atoms with E-state index in [0.717, 1.165) is 36.1 Å². The molecule has 4 nitrogen and oxygen atoms in total. The summed E-state index contributed by atoms with van der Waals surface area (Å²) in [5.74, 6) is 3.32. The molecule has 1 aliphatic carbocycles. The van der Waals surface area contributed by atoms with E-state index < -0.39 is 0 Å². The SMILES string of the molecule is COc1ccc(CN2C(C)Cc3cc(OC)c(OC)cc3C2C2CC2)cc1. The van der Waals surface area contributed by atoms with Crippen LogP contribution in [0.4, 0.5) is 0 Å². The van der Waals surface area contributed by atoms with Crippen LogP contribution >= 0.6 is 0 Å². The zero-order valence-electron chi connectivity index (χ0n) is 16.7. The van der Waals surface area contributed by atoms with Gasteiger partial charge in [0.2, 0.25) is 0 Å². The molecule has 2 aromatic carbocycles. The molecular formula is C23H29NO3. The van der Waals surface area contributed by atoms with Crippen LogP contribution < -0.4 is 14.2 Å². The van der Waals surface area contributed by atoms with Gasteiger partial charge in [-0.2, -0.15) is 0 Å². The van der Waals surface area contributed by atoms with Gasteiger partial charge in [-0.25, -0.2) is 0 Å². The molecule has 4 heteroatoms.